The van der Waals surface area contributed by atoms with Gasteiger partial charge in [0.1, 0.15) is 0 Å². The topological polar surface area (TPSA) is 127 Å². The summed E-state index contributed by atoms with van der Waals surface area (Å²) in [4.78, 5) is 11.7. The summed E-state index contributed by atoms with van der Waals surface area (Å²) in [5, 5.41) is 49.2. The molecule has 0 aliphatic heterocycles. The molecule has 1 saturated carbocycles. The van der Waals surface area contributed by atoms with E-state index < -0.39 is 24.2 Å². The minimum atomic E-state index is -0.550. The highest BCUT2D eigenvalue weighted by Crippen LogP contribution is 2.38. The first kappa shape index (κ1) is 28.5. The Morgan fingerprint density at radius 3 is 2.44 bits per heavy atom. The highest BCUT2D eigenvalue weighted by Gasteiger charge is 2.40. The van der Waals surface area contributed by atoms with Gasteiger partial charge in [0.2, 0.25) is 0 Å². The van der Waals surface area contributed by atoms with Crippen molar-refractivity contribution in [2.24, 2.45) is 17.8 Å². The lowest BCUT2D eigenvalue weighted by Crippen LogP contribution is -2.23. The van der Waals surface area contributed by atoms with Gasteiger partial charge in [0.25, 0.3) is 0 Å². The minimum Gasteiger partial charge on any atom is -0.465 e. The quantitative estimate of drug-likeness (QED) is 0.140. The van der Waals surface area contributed by atoms with E-state index in [-0.39, 0.29) is 44.0 Å². The van der Waals surface area contributed by atoms with Gasteiger partial charge in [-0.2, -0.15) is 0 Å². The maximum Gasteiger partial charge on any atom is 0.305 e. The van der Waals surface area contributed by atoms with Crippen LogP contribution in [0, 0.1) is 17.8 Å². The van der Waals surface area contributed by atoms with E-state index in [1.54, 1.807) is 0 Å². The van der Waals surface area contributed by atoms with Crippen LogP contribution in [0.4, 0.5) is 0 Å². The number of aryl methyl sites for hydroxylation is 1. The Bertz CT molecular complexity index is 704. The van der Waals surface area contributed by atoms with Crippen molar-refractivity contribution in [1.29, 1.82) is 0 Å². The van der Waals surface area contributed by atoms with Crippen LogP contribution < -0.4 is 0 Å². The minimum absolute atomic E-state index is 0.0198. The monoisotopic (exact) mass is 478 g/mol. The summed E-state index contributed by atoms with van der Waals surface area (Å²) in [6.45, 7) is -0.421. The summed E-state index contributed by atoms with van der Waals surface area (Å²) in [6.07, 6.45) is 7.89. The number of ether oxygens (including phenoxy) is 1. The molecule has 1 aromatic carbocycles. The number of carbonyl (C=O) groups excluding carboxylic acids is 1. The zero-order chi connectivity index (χ0) is 24.8. The maximum absolute atomic E-state index is 11.7. The van der Waals surface area contributed by atoms with Crippen LogP contribution in [0.2, 0.25) is 0 Å². The van der Waals surface area contributed by atoms with Crippen LogP contribution >= 0.6 is 0 Å². The lowest BCUT2D eigenvalue weighted by atomic mass is 9.85. The lowest BCUT2D eigenvalue weighted by Gasteiger charge is -2.23. The van der Waals surface area contributed by atoms with Crippen LogP contribution in [0.15, 0.2) is 42.5 Å². The van der Waals surface area contributed by atoms with Crippen molar-refractivity contribution in [2.75, 3.05) is 19.8 Å². The molecule has 0 saturated heterocycles. The summed E-state index contributed by atoms with van der Waals surface area (Å²) in [5.74, 6) is -0.853. The Balaban J connectivity index is 1.66. The number of aliphatic hydroxyl groups is 5. The number of allylic oxidation sites excluding steroid dienone is 2. The van der Waals surface area contributed by atoms with Crippen LogP contribution in [0.1, 0.15) is 56.9 Å². The van der Waals surface area contributed by atoms with Gasteiger partial charge in [-0.25, -0.2) is 0 Å². The predicted molar refractivity (Wildman–Crippen MR) is 130 cm³/mol. The number of carbonyl (C=O) groups is 1. The zero-order valence-electron chi connectivity index (χ0n) is 20.0. The van der Waals surface area contributed by atoms with Crippen molar-refractivity contribution in [3.8, 4) is 0 Å². The zero-order valence-corrected chi connectivity index (χ0v) is 20.0. The first-order valence-electron chi connectivity index (χ1n) is 12.5. The van der Waals surface area contributed by atoms with E-state index >= 15 is 0 Å². The average Bonchev–Trinajstić information content (AvgIpc) is 3.11. The lowest BCUT2D eigenvalue weighted by molar-refractivity contribution is -0.145. The van der Waals surface area contributed by atoms with E-state index in [1.165, 1.54) is 5.56 Å². The average molecular weight is 479 g/mol. The van der Waals surface area contributed by atoms with Crippen molar-refractivity contribution >= 4 is 5.97 Å². The second kappa shape index (κ2) is 16.0. The molecule has 192 valence electrons. The van der Waals surface area contributed by atoms with Gasteiger partial charge in [0.15, 0.2) is 0 Å². The number of aliphatic hydroxyl groups excluding tert-OH is 5. The molecule has 0 radical (unpaired) electrons. The van der Waals surface area contributed by atoms with E-state index in [0.29, 0.717) is 44.9 Å². The molecule has 0 amide bonds. The highest BCUT2D eigenvalue weighted by molar-refractivity contribution is 5.69. The molecule has 0 unspecified atom stereocenters. The maximum atomic E-state index is 11.7. The Morgan fingerprint density at radius 1 is 1.03 bits per heavy atom. The molecule has 1 fully saturated rings. The molecule has 7 nitrogen and oxygen atoms in total. The van der Waals surface area contributed by atoms with Crippen molar-refractivity contribution < 1.29 is 35.1 Å². The number of hydrogen-bond donors (Lipinski definition) is 5. The van der Waals surface area contributed by atoms with Crippen molar-refractivity contribution in [3.63, 3.8) is 0 Å². The van der Waals surface area contributed by atoms with Gasteiger partial charge in [0, 0.05) is 12.3 Å². The van der Waals surface area contributed by atoms with Crippen molar-refractivity contribution in [2.45, 2.75) is 76.1 Å². The fraction of sp³-hybridized carbons (Fsp3) is 0.667. The van der Waals surface area contributed by atoms with E-state index in [9.17, 15) is 20.1 Å². The molecule has 1 aliphatic rings. The number of benzene rings is 1. The van der Waals surface area contributed by atoms with Crippen LogP contribution in [0.25, 0.3) is 0 Å². The first-order valence-corrected chi connectivity index (χ1v) is 12.5. The second-order valence-corrected chi connectivity index (χ2v) is 9.47. The predicted octanol–water partition coefficient (Wildman–Crippen LogP) is 2.38. The first-order chi connectivity index (χ1) is 16.4. The molecule has 2 rings (SSSR count). The van der Waals surface area contributed by atoms with Gasteiger partial charge in [-0.15, -0.1) is 0 Å². The van der Waals surface area contributed by atoms with Crippen molar-refractivity contribution in [1.82, 2.24) is 0 Å². The smallest absolute Gasteiger partial charge is 0.305 e. The molecule has 0 spiro atoms. The third kappa shape index (κ3) is 10.2. The van der Waals surface area contributed by atoms with Gasteiger partial charge in [-0.3, -0.25) is 4.79 Å². The van der Waals surface area contributed by atoms with Crippen LogP contribution in [0.5, 0.6) is 0 Å². The molecule has 1 aromatic rings. The molecular formula is C27H42O7. The van der Waals surface area contributed by atoms with Gasteiger partial charge < -0.3 is 30.3 Å². The molecule has 5 atom stereocenters. The van der Waals surface area contributed by atoms with E-state index in [4.69, 9.17) is 14.9 Å². The standard InChI is InChI=1S/C27H42O7/c28-17-21(18-29)19-34-27(33)11-7-2-1-6-10-23-24(26(32)16-25(23)31)15-14-22(30)13-12-20-8-4-3-5-9-20/h1,3-6,8-9,21-26,28-32H,2,7,10-19H2/t22-,23+,24+,25-,26+/m0/s1. The molecule has 7 heteroatoms. The summed E-state index contributed by atoms with van der Waals surface area (Å²) < 4.78 is 5.04. The molecule has 0 heterocycles. The van der Waals surface area contributed by atoms with Crippen LogP contribution in [-0.4, -0.2) is 69.6 Å². The summed E-state index contributed by atoms with van der Waals surface area (Å²) in [6, 6.07) is 10.1. The largest absolute Gasteiger partial charge is 0.465 e. The Hall–Kier alpha value is -1.77. The number of unbranched alkanes of at least 4 members (excludes halogenated alkanes) is 1. The van der Waals surface area contributed by atoms with Gasteiger partial charge in [-0.05, 0) is 68.8 Å². The van der Waals surface area contributed by atoms with Gasteiger partial charge >= 0.3 is 5.97 Å². The van der Waals surface area contributed by atoms with Gasteiger partial charge in [-0.1, -0.05) is 42.5 Å². The Labute approximate surface area is 203 Å². The molecule has 1 aliphatic carbocycles. The number of rotatable bonds is 16. The Morgan fingerprint density at radius 2 is 1.74 bits per heavy atom. The number of esters is 1. The third-order valence-corrected chi connectivity index (χ3v) is 6.79. The van der Waals surface area contributed by atoms with Crippen LogP contribution in [0.3, 0.4) is 0 Å². The second-order valence-electron chi connectivity index (χ2n) is 9.47. The Kier molecular flexibility index (Phi) is 13.4. The van der Waals surface area contributed by atoms with E-state index in [0.717, 1.165) is 6.42 Å². The normalized spacial score (nSPS) is 23.6. The SMILES string of the molecule is O=C(CCCC=CC[C@@H]1[C@@H](CC[C@@H](O)CCc2ccccc2)[C@H](O)C[C@@H]1O)OCC(CO)CO. The third-order valence-electron chi connectivity index (χ3n) is 6.79. The van der Waals surface area contributed by atoms with Gasteiger partial charge in [0.05, 0.1) is 38.1 Å². The summed E-state index contributed by atoms with van der Waals surface area (Å²) >= 11 is 0. The number of hydrogen-bond acceptors (Lipinski definition) is 7. The van der Waals surface area contributed by atoms with Crippen LogP contribution in [-0.2, 0) is 16.0 Å². The molecule has 5 N–H and O–H groups in total. The molecule has 0 bridgehead atoms. The molecule has 0 aromatic heterocycles. The van der Waals surface area contributed by atoms with Crippen molar-refractivity contribution in [3.05, 3.63) is 48.0 Å². The fourth-order valence-corrected chi connectivity index (χ4v) is 4.59. The highest BCUT2D eigenvalue weighted by atomic mass is 16.5. The summed E-state index contributed by atoms with van der Waals surface area (Å²) in [7, 11) is 0. The molecule has 34 heavy (non-hydrogen) atoms. The van der Waals surface area contributed by atoms with E-state index in [2.05, 4.69) is 12.1 Å². The summed E-state index contributed by atoms with van der Waals surface area (Å²) in [5.41, 5.74) is 1.20. The fourth-order valence-electron chi connectivity index (χ4n) is 4.59. The van der Waals surface area contributed by atoms with E-state index in [1.807, 2.05) is 30.4 Å². The molecular weight excluding hydrogens is 436 g/mol.